The van der Waals surface area contributed by atoms with E-state index in [-0.39, 0.29) is 19.3 Å². The monoisotopic (exact) mass is 768 g/mol. The van der Waals surface area contributed by atoms with Gasteiger partial charge in [-0.15, -0.1) is 0 Å². The van der Waals surface area contributed by atoms with Crippen LogP contribution in [-0.2, 0) is 33.6 Å². The van der Waals surface area contributed by atoms with Crippen LogP contribution in [0.2, 0.25) is 0 Å². The Labute approximate surface area is 339 Å². The van der Waals surface area contributed by atoms with Crippen LogP contribution in [0.5, 0.6) is 17.2 Å². The molecule has 1 atom stereocenters. The molecule has 3 rings (SSSR count). The van der Waals surface area contributed by atoms with E-state index < -0.39 is 17.0 Å². The summed E-state index contributed by atoms with van der Waals surface area (Å²) in [6.45, 7) is 8.59. The highest BCUT2D eigenvalue weighted by molar-refractivity contribution is 6.19. The number of hydrogen-bond acceptors (Lipinski definition) is 6. The fourth-order valence-electron chi connectivity index (χ4n) is 6.99. The van der Waals surface area contributed by atoms with E-state index in [1.165, 1.54) is 70.6 Å². The van der Waals surface area contributed by atoms with Crippen molar-refractivity contribution in [2.24, 2.45) is 5.41 Å². The molecule has 0 bridgehead atoms. The lowest BCUT2D eigenvalue weighted by atomic mass is 9.72. The van der Waals surface area contributed by atoms with E-state index in [0.29, 0.717) is 31.8 Å². The Morgan fingerprint density at radius 1 is 0.464 bits per heavy atom. The van der Waals surface area contributed by atoms with E-state index in [0.717, 1.165) is 73.3 Å². The number of benzene rings is 3. The van der Waals surface area contributed by atoms with Crippen LogP contribution < -0.4 is 14.2 Å². The van der Waals surface area contributed by atoms with E-state index in [9.17, 15) is 14.4 Å². The first-order chi connectivity index (χ1) is 27.4. The van der Waals surface area contributed by atoms with Gasteiger partial charge in [0.25, 0.3) is 0 Å². The zero-order chi connectivity index (χ0) is 40.1. The highest BCUT2D eigenvalue weighted by Gasteiger charge is 2.45. The molecular formula is C50H71O6. The predicted molar refractivity (Wildman–Crippen MR) is 230 cm³/mol. The SMILES string of the molecule is CCCCCCCCCCCCOc1ccc(CC(=O)C([C]=O)(Cc2ccc(OCCCCCCC)cc2)C(=O)CCc2ccc(OCCCCC)cc2)cc1. The Balaban J connectivity index is 1.61. The quantitative estimate of drug-likeness (QED) is 0.0445. The number of Topliss-reactive ketones (excluding diaryl/α,β-unsaturated/α-hetero) is 2. The number of ketones is 2. The largest absolute Gasteiger partial charge is 0.494 e. The van der Waals surface area contributed by atoms with Crippen LogP contribution in [0, 0.1) is 5.41 Å². The Morgan fingerprint density at radius 2 is 0.821 bits per heavy atom. The molecule has 0 aliphatic rings. The van der Waals surface area contributed by atoms with Gasteiger partial charge in [-0.2, -0.15) is 0 Å². The van der Waals surface area contributed by atoms with Crippen molar-refractivity contribution >= 4 is 17.9 Å². The first-order valence-electron chi connectivity index (χ1n) is 22.0. The van der Waals surface area contributed by atoms with Gasteiger partial charge in [-0.05, 0) is 85.2 Å². The molecule has 6 heteroatoms. The van der Waals surface area contributed by atoms with Crippen molar-refractivity contribution in [2.45, 2.75) is 162 Å². The minimum absolute atomic E-state index is 0.0443. The van der Waals surface area contributed by atoms with E-state index in [2.05, 4.69) is 20.8 Å². The van der Waals surface area contributed by atoms with Gasteiger partial charge in [0, 0.05) is 12.8 Å². The molecule has 0 N–H and O–H groups in total. The van der Waals surface area contributed by atoms with Crippen LogP contribution >= 0.6 is 0 Å². The smallest absolute Gasteiger partial charge is 0.221 e. The molecule has 307 valence electrons. The molecule has 3 aromatic carbocycles. The number of carbonyl (C=O) groups is 2. The summed E-state index contributed by atoms with van der Waals surface area (Å²) in [6.07, 6.45) is 24.1. The zero-order valence-electron chi connectivity index (χ0n) is 35.1. The summed E-state index contributed by atoms with van der Waals surface area (Å²) in [4.78, 5) is 41.2. The van der Waals surface area contributed by atoms with Gasteiger partial charge in [0.15, 0.2) is 17.0 Å². The van der Waals surface area contributed by atoms with Crippen molar-refractivity contribution in [3.05, 3.63) is 89.5 Å². The maximum Gasteiger partial charge on any atom is 0.221 e. The molecular weight excluding hydrogens is 697 g/mol. The lowest BCUT2D eigenvalue weighted by Crippen LogP contribution is -2.44. The molecule has 6 nitrogen and oxygen atoms in total. The summed E-state index contributed by atoms with van der Waals surface area (Å²) in [6, 6.07) is 22.6. The second-order valence-electron chi connectivity index (χ2n) is 15.5. The van der Waals surface area contributed by atoms with E-state index in [4.69, 9.17) is 14.2 Å². The highest BCUT2D eigenvalue weighted by atomic mass is 16.5. The fraction of sp³-hybridized carbons (Fsp3) is 0.580. The molecule has 1 radical (unpaired) electrons. The summed E-state index contributed by atoms with van der Waals surface area (Å²) in [5, 5.41) is 0. The van der Waals surface area contributed by atoms with Crippen LogP contribution in [0.1, 0.15) is 159 Å². The fourth-order valence-corrected chi connectivity index (χ4v) is 6.99. The topological polar surface area (TPSA) is 78.9 Å². The molecule has 0 heterocycles. The van der Waals surface area contributed by atoms with Crippen molar-refractivity contribution in [2.75, 3.05) is 19.8 Å². The Morgan fingerprint density at radius 3 is 1.25 bits per heavy atom. The number of rotatable bonds is 34. The molecule has 0 spiro atoms. The zero-order valence-corrected chi connectivity index (χ0v) is 35.1. The standard InChI is InChI=1S/C50H71O6/c1-4-7-10-12-13-14-15-16-18-21-38-55-46-31-24-43(25-32-46)39-49(53)50(41-51,40-44-26-33-47(34-27-44)56-37-20-17-11-8-5-2)48(52)35-28-42-22-29-45(30-23-42)54-36-19-9-6-3/h22-27,29-34H,4-21,28,35-40H2,1-3H3. The van der Waals surface area contributed by atoms with Crippen LogP contribution in [-0.4, -0.2) is 37.7 Å². The second kappa shape index (κ2) is 28.5. The summed E-state index contributed by atoms with van der Waals surface area (Å²) in [5.74, 6) is 1.42. The Bertz CT molecular complexity index is 1480. The minimum atomic E-state index is -1.92. The molecule has 0 aliphatic carbocycles. The van der Waals surface area contributed by atoms with Gasteiger partial charge in [0.2, 0.25) is 6.29 Å². The summed E-state index contributed by atoms with van der Waals surface area (Å²) >= 11 is 0. The second-order valence-corrected chi connectivity index (χ2v) is 15.5. The van der Waals surface area contributed by atoms with Crippen molar-refractivity contribution < 1.29 is 28.6 Å². The Hall–Kier alpha value is -3.93. The third kappa shape index (κ3) is 17.9. The molecule has 0 saturated carbocycles. The van der Waals surface area contributed by atoms with E-state index in [1.807, 2.05) is 79.1 Å². The average molecular weight is 768 g/mol. The van der Waals surface area contributed by atoms with Gasteiger partial charge in [0.1, 0.15) is 17.2 Å². The third-order valence-corrected chi connectivity index (χ3v) is 10.7. The lowest BCUT2D eigenvalue weighted by molar-refractivity contribution is -0.136. The molecule has 0 aliphatic heterocycles. The maximum absolute atomic E-state index is 14.1. The average Bonchev–Trinajstić information content (AvgIpc) is 3.22. The summed E-state index contributed by atoms with van der Waals surface area (Å²) in [7, 11) is 0. The number of carbonyl (C=O) groups excluding carboxylic acids is 3. The molecule has 0 aromatic heterocycles. The number of hydrogen-bond donors (Lipinski definition) is 0. The summed E-state index contributed by atoms with van der Waals surface area (Å²) < 4.78 is 17.8. The van der Waals surface area contributed by atoms with Crippen molar-refractivity contribution in [3.63, 3.8) is 0 Å². The van der Waals surface area contributed by atoms with E-state index >= 15 is 0 Å². The molecule has 0 amide bonds. The first-order valence-corrected chi connectivity index (χ1v) is 22.0. The molecule has 56 heavy (non-hydrogen) atoms. The number of ether oxygens (including phenoxy) is 3. The Kier molecular flexibility index (Phi) is 23.6. The number of unbranched alkanes of at least 4 members (excludes halogenated alkanes) is 15. The van der Waals surface area contributed by atoms with Gasteiger partial charge in [0.05, 0.1) is 19.8 Å². The third-order valence-electron chi connectivity index (χ3n) is 10.7. The molecule has 0 fully saturated rings. The number of aryl methyl sites for hydroxylation is 1. The molecule has 0 saturated heterocycles. The normalized spacial score (nSPS) is 12.2. The minimum Gasteiger partial charge on any atom is -0.494 e. The molecule has 1 unspecified atom stereocenters. The van der Waals surface area contributed by atoms with Gasteiger partial charge in [-0.3, -0.25) is 14.4 Å². The van der Waals surface area contributed by atoms with Crippen LogP contribution in [0.4, 0.5) is 0 Å². The van der Waals surface area contributed by atoms with Crippen LogP contribution in [0.3, 0.4) is 0 Å². The van der Waals surface area contributed by atoms with E-state index in [1.54, 1.807) is 0 Å². The van der Waals surface area contributed by atoms with Crippen LogP contribution in [0.15, 0.2) is 72.8 Å². The van der Waals surface area contributed by atoms with Crippen molar-refractivity contribution in [1.29, 1.82) is 0 Å². The lowest BCUT2D eigenvalue weighted by Gasteiger charge is -2.25. The predicted octanol–water partition coefficient (Wildman–Crippen LogP) is 12.6. The van der Waals surface area contributed by atoms with Gasteiger partial charge in [-0.25, -0.2) is 0 Å². The van der Waals surface area contributed by atoms with Crippen LogP contribution in [0.25, 0.3) is 0 Å². The highest BCUT2D eigenvalue weighted by Crippen LogP contribution is 2.30. The van der Waals surface area contributed by atoms with Crippen molar-refractivity contribution in [3.8, 4) is 17.2 Å². The van der Waals surface area contributed by atoms with Gasteiger partial charge >= 0.3 is 0 Å². The summed E-state index contributed by atoms with van der Waals surface area (Å²) in [5.41, 5.74) is 0.460. The van der Waals surface area contributed by atoms with Crippen molar-refractivity contribution in [1.82, 2.24) is 0 Å². The van der Waals surface area contributed by atoms with Gasteiger partial charge < -0.3 is 14.2 Å². The molecule has 3 aromatic rings. The first kappa shape index (κ1) is 46.5. The van der Waals surface area contributed by atoms with Gasteiger partial charge in [-0.1, -0.05) is 153 Å². The maximum atomic E-state index is 14.1.